The van der Waals surface area contributed by atoms with E-state index in [9.17, 15) is 9.59 Å². The maximum atomic E-state index is 11.1. The summed E-state index contributed by atoms with van der Waals surface area (Å²) in [4.78, 5) is 22.2. The molecule has 0 saturated heterocycles. The Hall–Kier alpha value is -0.792. The van der Waals surface area contributed by atoms with Gasteiger partial charge < -0.3 is 17.7 Å². The molecule has 25 heavy (non-hydrogen) atoms. The summed E-state index contributed by atoms with van der Waals surface area (Å²) in [5, 5.41) is 0. The van der Waals surface area contributed by atoms with Gasteiger partial charge in [0.1, 0.15) is 0 Å². The van der Waals surface area contributed by atoms with Gasteiger partial charge in [0.25, 0.3) is 0 Å². The third-order valence-electron chi connectivity index (χ3n) is 3.51. The average Bonchev–Trinajstić information content (AvgIpc) is 2.59. The van der Waals surface area contributed by atoms with Crippen LogP contribution in [0, 0.1) is 0 Å². The van der Waals surface area contributed by atoms with Crippen LogP contribution in [0.2, 0.25) is 31.7 Å². The van der Waals surface area contributed by atoms with Crippen molar-refractivity contribution in [2.75, 3.05) is 13.2 Å². The van der Waals surface area contributed by atoms with Crippen LogP contribution in [-0.4, -0.2) is 61.1 Å². The van der Waals surface area contributed by atoms with Crippen molar-refractivity contribution in [3.05, 3.63) is 25.3 Å². The Morgan fingerprint density at radius 3 is 1.88 bits per heavy atom. The van der Waals surface area contributed by atoms with Crippen molar-refractivity contribution in [2.24, 2.45) is 0 Å². The molecule has 0 rings (SSSR count). The lowest BCUT2D eigenvalue weighted by atomic mass is 10.5. The molecule has 0 spiro atoms. The summed E-state index contributed by atoms with van der Waals surface area (Å²) in [5.41, 5.74) is 0. The summed E-state index contributed by atoms with van der Waals surface area (Å²) in [5.74, 6) is -0.782. The summed E-state index contributed by atoms with van der Waals surface area (Å²) in [6, 6.07) is 1.85. The molecule has 0 fully saturated rings. The van der Waals surface area contributed by atoms with Gasteiger partial charge in [0.05, 0.1) is 13.2 Å². The van der Waals surface area contributed by atoms with Crippen molar-refractivity contribution in [2.45, 2.75) is 44.6 Å². The third-order valence-corrected chi connectivity index (χ3v) is 18.2. The summed E-state index contributed by atoms with van der Waals surface area (Å²) in [6.07, 6.45) is 3.91. The standard InChI is InChI=1S/C15H32O6Si4/c1-6-14(16)18-10-8-12-25(5,21-23-22-20-24(3)4)13-9-11-19-15(17)7-2/h6-7,24H,1-2,8-13,22-23H2,3-5H3. The first-order chi connectivity index (χ1) is 11.8. The van der Waals surface area contributed by atoms with Crippen LogP contribution >= 0.6 is 0 Å². The molecular formula is C15H32O6Si4. The molecule has 0 amide bonds. The number of rotatable bonds is 15. The van der Waals surface area contributed by atoms with E-state index >= 15 is 0 Å². The Kier molecular flexibility index (Phi) is 13.9. The van der Waals surface area contributed by atoms with Gasteiger partial charge >= 0.3 is 11.9 Å². The first-order valence-corrected chi connectivity index (χ1v) is 19.4. The summed E-state index contributed by atoms with van der Waals surface area (Å²) in [6.45, 7) is 14.1. The number of hydrogen-bond acceptors (Lipinski definition) is 6. The molecular weight excluding hydrogens is 389 g/mol. The van der Waals surface area contributed by atoms with Crippen molar-refractivity contribution >= 4 is 47.9 Å². The van der Waals surface area contributed by atoms with Crippen molar-refractivity contribution in [3.8, 4) is 0 Å². The second-order valence-electron chi connectivity index (χ2n) is 6.17. The third kappa shape index (κ3) is 14.1. The van der Waals surface area contributed by atoms with E-state index in [0.717, 1.165) is 24.9 Å². The molecule has 0 unspecified atom stereocenters. The summed E-state index contributed by atoms with van der Waals surface area (Å²) in [7, 11) is -3.90. The quantitative estimate of drug-likeness (QED) is 0.170. The molecule has 0 aromatic heterocycles. The van der Waals surface area contributed by atoms with E-state index in [1.807, 2.05) is 0 Å². The maximum absolute atomic E-state index is 11.1. The highest BCUT2D eigenvalue weighted by molar-refractivity contribution is 6.99. The lowest BCUT2D eigenvalue weighted by Crippen LogP contribution is -2.38. The molecule has 0 aliphatic carbocycles. The van der Waals surface area contributed by atoms with Crippen LogP contribution < -0.4 is 0 Å². The number of ether oxygens (including phenoxy) is 2. The largest absolute Gasteiger partial charge is 0.463 e. The predicted molar refractivity (Wildman–Crippen MR) is 111 cm³/mol. The number of esters is 2. The normalized spacial score (nSPS) is 12.2. The van der Waals surface area contributed by atoms with Gasteiger partial charge in [-0.25, -0.2) is 9.59 Å². The zero-order valence-corrected chi connectivity index (χ0v) is 20.7. The van der Waals surface area contributed by atoms with Gasteiger partial charge in [0, 0.05) is 12.2 Å². The van der Waals surface area contributed by atoms with E-state index in [0.29, 0.717) is 13.2 Å². The molecule has 0 radical (unpaired) electrons. The zero-order chi connectivity index (χ0) is 19.1. The van der Waals surface area contributed by atoms with Gasteiger partial charge in [-0.1, -0.05) is 13.2 Å². The Morgan fingerprint density at radius 2 is 1.48 bits per heavy atom. The first-order valence-electron chi connectivity index (χ1n) is 8.67. The fraction of sp³-hybridized carbons (Fsp3) is 0.600. The topological polar surface area (TPSA) is 71.1 Å². The Labute approximate surface area is 158 Å². The van der Waals surface area contributed by atoms with Crippen LogP contribution in [-0.2, 0) is 27.3 Å². The number of carbonyl (C=O) groups excluding carboxylic acids is 2. The van der Waals surface area contributed by atoms with Gasteiger partial charge in [0.2, 0.25) is 0 Å². The smallest absolute Gasteiger partial charge is 0.330 e. The Morgan fingerprint density at radius 1 is 1.00 bits per heavy atom. The number of hydrogen-bond donors (Lipinski definition) is 0. The second-order valence-corrected chi connectivity index (χ2v) is 17.9. The van der Waals surface area contributed by atoms with Gasteiger partial charge in [0.15, 0.2) is 35.9 Å². The van der Waals surface area contributed by atoms with E-state index in [4.69, 9.17) is 17.7 Å². The van der Waals surface area contributed by atoms with E-state index < -0.39 is 47.9 Å². The molecule has 0 atom stereocenters. The van der Waals surface area contributed by atoms with Crippen LogP contribution in [0.4, 0.5) is 0 Å². The minimum atomic E-state index is -1.89. The SMILES string of the molecule is C=CC(=O)OCCC[Si](C)(CCCOC(=O)C=C)O[SiH2][SiH2]O[SiH](C)C. The lowest BCUT2D eigenvalue weighted by molar-refractivity contribution is -0.138. The van der Waals surface area contributed by atoms with E-state index in [-0.39, 0.29) is 0 Å². The van der Waals surface area contributed by atoms with E-state index in [1.165, 1.54) is 12.2 Å². The minimum Gasteiger partial charge on any atom is -0.463 e. The molecule has 0 N–H and O–H groups in total. The molecule has 0 aliphatic heterocycles. The van der Waals surface area contributed by atoms with Crippen molar-refractivity contribution in [1.29, 1.82) is 0 Å². The summed E-state index contributed by atoms with van der Waals surface area (Å²) < 4.78 is 22.3. The highest BCUT2D eigenvalue weighted by Crippen LogP contribution is 2.21. The molecule has 0 aromatic rings. The summed E-state index contributed by atoms with van der Waals surface area (Å²) >= 11 is 0. The van der Waals surface area contributed by atoms with Crippen molar-refractivity contribution in [1.82, 2.24) is 0 Å². The molecule has 0 heterocycles. The zero-order valence-electron chi connectivity index (χ0n) is 15.8. The molecule has 6 nitrogen and oxygen atoms in total. The molecule has 0 aliphatic rings. The van der Waals surface area contributed by atoms with Crippen LogP contribution in [0.5, 0.6) is 0 Å². The molecule has 0 saturated carbocycles. The van der Waals surface area contributed by atoms with Gasteiger partial charge in [-0.3, -0.25) is 0 Å². The first kappa shape index (κ1) is 24.2. The highest BCUT2D eigenvalue weighted by Gasteiger charge is 2.28. The maximum Gasteiger partial charge on any atom is 0.330 e. The van der Waals surface area contributed by atoms with Crippen molar-refractivity contribution < 1.29 is 27.3 Å². The van der Waals surface area contributed by atoms with Gasteiger partial charge in [-0.05, 0) is 44.6 Å². The van der Waals surface area contributed by atoms with Crippen LogP contribution in [0.1, 0.15) is 12.8 Å². The van der Waals surface area contributed by atoms with E-state index in [2.05, 4.69) is 32.8 Å². The average molecular weight is 421 g/mol. The Balaban J connectivity index is 4.31. The van der Waals surface area contributed by atoms with Gasteiger partial charge in [-0.15, -0.1) is 0 Å². The second kappa shape index (κ2) is 14.4. The van der Waals surface area contributed by atoms with Gasteiger partial charge in [-0.2, -0.15) is 0 Å². The molecule has 0 aromatic carbocycles. The number of carbonyl (C=O) groups is 2. The van der Waals surface area contributed by atoms with Crippen molar-refractivity contribution in [3.63, 3.8) is 0 Å². The highest BCUT2D eigenvalue weighted by atomic mass is 29.2. The fourth-order valence-corrected chi connectivity index (χ4v) is 20.3. The van der Waals surface area contributed by atoms with E-state index in [1.54, 1.807) is 0 Å². The van der Waals surface area contributed by atoms with Crippen LogP contribution in [0.25, 0.3) is 0 Å². The van der Waals surface area contributed by atoms with Crippen LogP contribution in [0.3, 0.4) is 0 Å². The predicted octanol–water partition coefficient (Wildman–Crippen LogP) is 0.899. The van der Waals surface area contributed by atoms with Crippen LogP contribution in [0.15, 0.2) is 25.3 Å². The molecule has 144 valence electrons. The lowest BCUT2D eigenvalue weighted by Gasteiger charge is -2.28. The minimum absolute atomic E-state index is 0.386. The monoisotopic (exact) mass is 420 g/mol. The molecule has 10 heteroatoms. The molecule has 0 bridgehead atoms. The fourth-order valence-electron chi connectivity index (χ4n) is 2.20. The Bertz CT molecular complexity index is 402.